The summed E-state index contributed by atoms with van der Waals surface area (Å²) in [6.07, 6.45) is 4.04. The molecule has 1 saturated heterocycles. The molecule has 1 fully saturated rings. The Morgan fingerprint density at radius 1 is 1.17 bits per heavy atom. The molecule has 0 aliphatic carbocycles. The van der Waals surface area contributed by atoms with Crippen molar-refractivity contribution in [3.8, 4) is 11.3 Å². The van der Waals surface area contributed by atoms with Crippen molar-refractivity contribution in [2.75, 3.05) is 13.1 Å². The molecule has 1 aliphatic heterocycles. The standard InChI is InChI=1S/C27H35N5O3/c1-18(2)32-24-22(17-29-32)21(15-23(30-24)19-11-7-6-8-12-19)25(33)31-14-10-9-13-20(31)16-28-26(34)35-27(3,4)5/h6-8,11-12,15,17-18,20H,9-10,13-14,16H2,1-5H3,(H,28,34). The van der Waals surface area contributed by atoms with Crippen LogP contribution in [0.5, 0.6) is 0 Å². The molecule has 8 heteroatoms. The molecule has 1 N–H and O–H groups in total. The summed E-state index contributed by atoms with van der Waals surface area (Å²) in [6.45, 7) is 10.6. The first-order valence-corrected chi connectivity index (χ1v) is 12.4. The smallest absolute Gasteiger partial charge is 0.407 e. The zero-order valence-electron chi connectivity index (χ0n) is 21.2. The van der Waals surface area contributed by atoms with E-state index in [9.17, 15) is 9.59 Å². The first-order valence-electron chi connectivity index (χ1n) is 12.4. The molecule has 1 aromatic carbocycles. The van der Waals surface area contributed by atoms with Crippen LogP contribution < -0.4 is 5.32 Å². The van der Waals surface area contributed by atoms with Gasteiger partial charge in [-0.2, -0.15) is 5.10 Å². The van der Waals surface area contributed by atoms with Gasteiger partial charge in [0, 0.05) is 30.7 Å². The molecule has 0 saturated carbocycles. The third-order valence-corrected chi connectivity index (χ3v) is 6.12. The highest BCUT2D eigenvalue weighted by Crippen LogP contribution is 2.29. The van der Waals surface area contributed by atoms with Gasteiger partial charge in [0.05, 0.1) is 22.8 Å². The molecule has 3 aromatic rings. The maximum atomic E-state index is 14.0. The molecule has 35 heavy (non-hydrogen) atoms. The minimum absolute atomic E-state index is 0.0615. The maximum absolute atomic E-state index is 14.0. The van der Waals surface area contributed by atoms with Gasteiger partial charge in [0.25, 0.3) is 5.91 Å². The Labute approximate surface area is 206 Å². The van der Waals surface area contributed by atoms with Gasteiger partial charge in [0.2, 0.25) is 0 Å². The molecule has 2 aromatic heterocycles. The molecule has 0 bridgehead atoms. The van der Waals surface area contributed by atoms with E-state index >= 15 is 0 Å². The van der Waals surface area contributed by atoms with Crippen molar-refractivity contribution >= 4 is 23.0 Å². The Bertz CT molecular complexity index is 1200. The highest BCUT2D eigenvalue weighted by molar-refractivity contribution is 6.06. The van der Waals surface area contributed by atoms with Gasteiger partial charge in [-0.3, -0.25) is 4.79 Å². The minimum Gasteiger partial charge on any atom is -0.444 e. The number of fused-ring (bicyclic) bond motifs is 1. The first-order chi connectivity index (χ1) is 16.6. The average molecular weight is 478 g/mol. The molecule has 0 spiro atoms. The molecule has 1 aliphatic rings. The Hall–Kier alpha value is -3.42. The lowest BCUT2D eigenvalue weighted by molar-refractivity contribution is 0.0463. The zero-order chi connectivity index (χ0) is 25.2. The lowest BCUT2D eigenvalue weighted by Crippen LogP contribution is -2.50. The van der Waals surface area contributed by atoms with Crippen LogP contribution >= 0.6 is 0 Å². The average Bonchev–Trinajstić information content (AvgIpc) is 3.26. The molecule has 1 unspecified atom stereocenters. The van der Waals surface area contributed by atoms with E-state index in [0.29, 0.717) is 24.3 Å². The quantitative estimate of drug-likeness (QED) is 0.546. The van der Waals surface area contributed by atoms with Crippen molar-refractivity contribution in [2.24, 2.45) is 0 Å². The van der Waals surface area contributed by atoms with Gasteiger partial charge in [-0.05, 0) is 59.9 Å². The molecule has 0 radical (unpaired) electrons. The number of ether oxygens (including phenoxy) is 1. The summed E-state index contributed by atoms with van der Waals surface area (Å²) >= 11 is 0. The maximum Gasteiger partial charge on any atom is 0.407 e. The van der Waals surface area contributed by atoms with Crippen molar-refractivity contribution in [1.82, 2.24) is 25.0 Å². The second-order valence-corrected chi connectivity index (χ2v) is 10.4. The number of nitrogens with one attached hydrogen (secondary N) is 1. The molecule has 4 rings (SSSR count). The van der Waals surface area contributed by atoms with Gasteiger partial charge in [0.1, 0.15) is 5.60 Å². The van der Waals surface area contributed by atoms with Crippen molar-refractivity contribution in [1.29, 1.82) is 0 Å². The van der Waals surface area contributed by atoms with Crippen LogP contribution in [0.1, 0.15) is 70.3 Å². The van der Waals surface area contributed by atoms with E-state index in [0.717, 1.165) is 35.9 Å². The van der Waals surface area contributed by atoms with E-state index in [1.165, 1.54) is 0 Å². The van der Waals surface area contributed by atoms with Crippen LogP contribution in [0.4, 0.5) is 4.79 Å². The Morgan fingerprint density at radius 3 is 2.60 bits per heavy atom. The summed E-state index contributed by atoms with van der Waals surface area (Å²) < 4.78 is 7.24. The number of benzene rings is 1. The number of pyridine rings is 1. The van der Waals surface area contributed by atoms with Gasteiger partial charge in [-0.15, -0.1) is 0 Å². The summed E-state index contributed by atoms with van der Waals surface area (Å²) in [6, 6.07) is 11.8. The number of likely N-dealkylation sites (tertiary alicyclic amines) is 1. The third-order valence-electron chi connectivity index (χ3n) is 6.12. The van der Waals surface area contributed by atoms with Gasteiger partial charge in [0.15, 0.2) is 5.65 Å². The number of carbonyl (C=O) groups excluding carboxylic acids is 2. The van der Waals surface area contributed by atoms with Crippen LogP contribution in [0.3, 0.4) is 0 Å². The van der Waals surface area contributed by atoms with Gasteiger partial charge < -0.3 is 15.0 Å². The Balaban J connectivity index is 1.67. The number of hydrogen-bond acceptors (Lipinski definition) is 5. The minimum atomic E-state index is -0.570. The summed E-state index contributed by atoms with van der Waals surface area (Å²) in [5, 5.41) is 8.14. The number of alkyl carbamates (subject to hydrolysis) is 1. The predicted octanol–water partition coefficient (Wildman–Crippen LogP) is 5.20. The number of amides is 2. The molecule has 2 amide bonds. The van der Waals surface area contributed by atoms with E-state index < -0.39 is 11.7 Å². The number of nitrogens with zero attached hydrogens (tertiary/aromatic N) is 4. The number of carbonyl (C=O) groups is 2. The molecule has 8 nitrogen and oxygen atoms in total. The molecular weight excluding hydrogens is 442 g/mol. The van der Waals surface area contributed by atoms with Crippen LogP contribution in [-0.2, 0) is 4.74 Å². The lowest BCUT2D eigenvalue weighted by atomic mass is 9.99. The summed E-state index contributed by atoms with van der Waals surface area (Å²) in [5.41, 5.74) is 2.40. The highest BCUT2D eigenvalue weighted by atomic mass is 16.6. The third kappa shape index (κ3) is 5.63. The SMILES string of the molecule is CC(C)n1ncc2c(C(=O)N3CCCCC3CNC(=O)OC(C)(C)C)cc(-c3ccccc3)nc21. The predicted molar refractivity (Wildman–Crippen MR) is 136 cm³/mol. The van der Waals surface area contributed by atoms with Gasteiger partial charge >= 0.3 is 6.09 Å². The van der Waals surface area contributed by atoms with Gasteiger partial charge in [-0.1, -0.05) is 30.3 Å². The topological polar surface area (TPSA) is 89.4 Å². The van der Waals surface area contributed by atoms with Crippen LogP contribution in [0.15, 0.2) is 42.6 Å². The second-order valence-electron chi connectivity index (χ2n) is 10.4. The van der Waals surface area contributed by atoms with Crippen molar-refractivity contribution in [3.05, 3.63) is 48.2 Å². The van der Waals surface area contributed by atoms with Crippen molar-refractivity contribution in [3.63, 3.8) is 0 Å². The fraction of sp³-hybridized carbons (Fsp3) is 0.481. The van der Waals surface area contributed by atoms with E-state index in [4.69, 9.17) is 9.72 Å². The highest BCUT2D eigenvalue weighted by Gasteiger charge is 2.30. The molecular formula is C27H35N5O3. The van der Waals surface area contributed by atoms with E-state index in [1.54, 1.807) is 6.20 Å². The van der Waals surface area contributed by atoms with Crippen molar-refractivity contribution in [2.45, 2.75) is 71.6 Å². The van der Waals surface area contributed by atoms with E-state index in [2.05, 4.69) is 10.4 Å². The fourth-order valence-electron chi connectivity index (χ4n) is 4.48. The first kappa shape index (κ1) is 24.7. The number of piperidine rings is 1. The van der Waals surface area contributed by atoms with Crippen molar-refractivity contribution < 1.29 is 14.3 Å². The summed E-state index contributed by atoms with van der Waals surface area (Å²) in [4.78, 5) is 33.0. The zero-order valence-corrected chi connectivity index (χ0v) is 21.2. The van der Waals surface area contributed by atoms with Gasteiger partial charge in [-0.25, -0.2) is 14.5 Å². The van der Waals surface area contributed by atoms with Crippen LogP contribution in [0.25, 0.3) is 22.3 Å². The molecule has 186 valence electrons. The number of aromatic nitrogens is 3. The Morgan fingerprint density at radius 2 is 1.91 bits per heavy atom. The van der Waals surface area contributed by atoms with E-state index in [-0.39, 0.29) is 18.0 Å². The number of rotatable bonds is 5. The monoisotopic (exact) mass is 477 g/mol. The summed E-state index contributed by atoms with van der Waals surface area (Å²) in [7, 11) is 0. The second kappa shape index (κ2) is 10.1. The summed E-state index contributed by atoms with van der Waals surface area (Å²) in [5.74, 6) is -0.0615. The van der Waals surface area contributed by atoms with Crippen LogP contribution in [0.2, 0.25) is 0 Å². The lowest BCUT2D eigenvalue weighted by Gasteiger charge is -2.36. The van der Waals surface area contributed by atoms with Crippen LogP contribution in [0, 0.1) is 0 Å². The van der Waals surface area contributed by atoms with E-state index in [1.807, 2.05) is 80.6 Å². The number of hydrogen-bond donors (Lipinski definition) is 1. The van der Waals surface area contributed by atoms with Crippen LogP contribution in [-0.4, -0.2) is 56.4 Å². The Kier molecular flexibility index (Phi) is 7.10. The molecule has 1 atom stereocenters. The largest absolute Gasteiger partial charge is 0.444 e. The normalized spacial score (nSPS) is 16.5. The fourth-order valence-corrected chi connectivity index (χ4v) is 4.48. The molecule has 3 heterocycles.